The Morgan fingerprint density at radius 3 is 1.70 bits per heavy atom. The van der Waals surface area contributed by atoms with Gasteiger partial charge in [0, 0.05) is 31.3 Å². The second-order valence-electron chi connectivity index (χ2n) is 12.0. The van der Waals surface area contributed by atoms with E-state index in [-0.39, 0.29) is 0 Å². The Morgan fingerprint density at radius 2 is 0.957 bits per heavy atom. The van der Waals surface area contributed by atoms with Gasteiger partial charge in [0.1, 0.15) is 11.2 Å². The lowest BCUT2D eigenvalue weighted by Gasteiger charge is -2.19. The highest BCUT2D eigenvalue weighted by atomic mass is 32.1. The summed E-state index contributed by atoms with van der Waals surface area (Å²) < 4.78 is 7.60. The number of hydrogen-bond donors (Lipinski definition) is 0. The van der Waals surface area contributed by atoms with Crippen LogP contribution in [0, 0.1) is 0 Å². The average molecular weight is 603 g/mol. The lowest BCUT2D eigenvalue weighted by molar-refractivity contribution is 0.669. The second kappa shape index (κ2) is 9.90. The summed E-state index contributed by atoms with van der Waals surface area (Å²) in [5, 5.41) is 11.1. The van der Waals surface area contributed by atoms with Gasteiger partial charge in [-0.3, -0.25) is 0 Å². The first-order valence-corrected chi connectivity index (χ1v) is 16.5. The smallest absolute Gasteiger partial charge is 0.136 e. The van der Waals surface area contributed by atoms with Crippen LogP contribution in [0.15, 0.2) is 162 Å². The third-order valence-corrected chi connectivity index (χ3v) is 10.7. The highest BCUT2D eigenvalue weighted by molar-refractivity contribution is 7.23. The fourth-order valence-corrected chi connectivity index (χ4v) is 8.71. The minimum Gasteiger partial charge on any atom is -0.456 e. The summed E-state index contributed by atoms with van der Waals surface area (Å²) in [6, 6.07) is 57.2. The maximum absolute atomic E-state index is 6.37. The van der Waals surface area contributed by atoms with Crippen molar-refractivity contribution in [2.24, 2.45) is 0 Å². The van der Waals surface area contributed by atoms with E-state index >= 15 is 0 Å². The van der Waals surface area contributed by atoms with Gasteiger partial charge in [-0.15, -0.1) is 11.3 Å². The largest absolute Gasteiger partial charge is 0.456 e. The molecular formula is C44H26OS. The molecule has 0 radical (unpaired) electrons. The minimum atomic E-state index is 0.926. The standard InChI is InChI=1S/C44H26OS/c1-2-14-28(15-3-1)44-43(37-25-36-30-18-10-11-24-38(30)45-39(36)26-40(37)46-44)42-34-21-8-6-19-32(34)41(33-20-7-9-22-35(33)42)31-23-12-16-27-13-4-5-17-29(27)31/h1-26H. The molecule has 0 fully saturated rings. The van der Waals surface area contributed by atoms with Gasteiger partial charge in [-0.2, -0.15) is 0 Å². The van der Waals surface area contributed by atoms with Crippen LogP contribution >= 0.6 is 11.3 Å². The molecule has 10 aromatic rings. The van der Waals surface area contributed by atoms with E-state index in [0.717, 1.165) is 21.9 Å². The molecule has 0 saturated carbocycles. The van der Waals surface area contributed by atoms with Crippen LogP contribution in [0.25, 0.3) is 97.0 Å². The zero-order chi connectivity index (χ0) is 30.2. The van der Waals surface area contributed by atoms with Gasteiger partial charge in [-0.05, 0) is 72.8 Å². The van der Waals surface area contributed by atoms with E-state index in [2.05, 4.69) is 152 Å². The molecule has 0 aliphatic heterocycles. The van der Waals surface area contributed by atoms with Crippen molar-refractivity contribution in [3.05, 3.63) is 158 Å². The van der Waals surface area contributed by atoms with Crippen LogP contribution in [0.4, 0.5) is 0 Å². The zero-order valence-electron chi connectivity index (χ0n) is 24.8. The van der Waals surface area contributed by atoms with Gasteiger partial charge in [-0.1, -0.05) is 140 Å². The molecular weight excluding hydrogens is 577 g/mol. The van der Waals surface area contributed by atoms with Crippen LogP contribution < -0.4 is 0 Å². The summed E-state index contributed by atoms with van der Waals surface area (Å²) in [6.07, 6.45) is 0. The van der Waals surface area contributed by atoms with E-state index in [1.165, 1.54) is 75.1 Å². The minimum absolute atomic E-state index is 0.926. The van der Waals surface area contributed by atoms with Crippen molar-refractivity contribution in [1.82, 2.24) is 0 Å². The number of benzene rings is 8. The maximum Gasteiger partial charge on any atom is 0.136 e. The van der Waals surface area contributed by atoms with E-state index in [4.69, 9.17) is 4.42 Å². The van der Waals surface area contributed by atoms with Crippen molar-refractivity contribution in [2.45, 2.75) is 0 Å². The van der Waals surface area contributed by atoms with Crippen molar-refractivity contribution in [3.63, 3.8) is 0 Å². The van der Waals surface area contributed by atoms with Crippen LogP contribution in [-0.2, 0) is 0 Å². The molecule has 0 spiro atoms. The molecule has 0 N–H and O–H groups in total. The number of fused-ring (bicyclic) bond motifs is 7. The van der Waals surface area contributed by atoms with Crippen LogP contribution in [0.1, 0.15) is 0 Å². The van der Waals surface area contributed by atoms with Gasteiger partial charge in [0.25, 0.3) is 0 Å². The van der Waals surface area contributed by atoms with Gasteiger partial charge in [0.05, 0.1) is 0 Å². The lowest BCUT2D eigenvalue weighted by Crippen LogP contribution is -1.92. The second-order valence-corrected chi connectivity index (χ2v) is 13.0. The molecule has 0 aliphatic rings. The molecule has 8 aromatic carbocycles. The molecule has 2 heteroatoms. The average Bonchev–Trinajstić information content (AvgIpc) is 3.67. The van der Waals surface area contributed by atoms with E-state index in [1.54, 1.807) is 0 Å². The molecule has 0 aliphatic carbocycles. The fourth-order valence-electron chi connectivity index (χ4n) is 7.49. The SMILES string of the molecule is c1ccc(-c2sc3cc4oc5ccccc5c4cc3c2-c2c3ccccc3c(-c3cccc4ccccc34)c3ccccc23)cc1. The third kappa shape index (κ3) is 3.68. The van der Waals surface area contributed by atoms with E-state index < -0.39 is 0 Å². The molecule has 2 heterocycles. The van der Waals surface area contributed by atoms with Crippen LogP contribution in [0.2, 0.25) is 0 Å². The Bertz CT molecular complexity index is 2740. The Balaban J connectivity index is 1.40. The van der Waals surface area contributed by atoms with E-state index in [1.807, 2.05) is 17.4 Å². The lowest BCUT2D eigenvalue weighted by atomic mass is 9.83. The summed E-state index contributed by atoms with van der Waals surface area (Å²) in [7, 11) is 0. The van der Waals surface area contributed by atoms with Crippen molar-refractivity contribution in [1.29, 1.82) is 0 Å². The summed E-state index contributed by atoms with van der Waals surface area (Å²) in [5.41, 5.74) is 8.21. The third-order valence-electron chi connectivity index (χ3n) is 9.46. The maximum atomic E-state index is 6.37. The van der Waals surface area contributed by atoms with E-state index in [0.29, 0.717) is 0 Å². The van der Waals surface area contributed by atoms with Gasteiger partial charge in [0.2, 0.25) is 0 Å². The highest BCUT2D eigenvalue weighted by Gasteiger charge is 2.24. The summed E-state index contributed by atoms with van der Waals surface area (Å²) in [4.78, 5) is 1.28. The highest BCUT2D eigenvalue weighted by Crippen LogP contribution is 2.52. The first-order valence-electron chi connectivity index (χ1n) is 15.7. The zero-order valence-corrected chi connectivity index (χ0v) is 25.6. The predicted octanol–water partition coefficient (Wildman–Crippen LogP) is 13.3. The molecule has 10 rings (SSSR count). The Kier molecular flexibility index (Phi) is 5.51. The van der Waals surface area contributed by atoms with Crippen LogP contribution in [0.3, 0.4) is 0 Å². The number of thiophene rings is 1. The molecule has 1 nitrogen and oxygen atoms in total. The molecule has 2 aromatic heterocycles. The Hall–Kier alpha value is -5.70. The Morgan fingerprint density at radius 1 is 0.370 bits per heavy atom. The molecule has 214 valence electrons. The van der Waals surface area contributed by atoms with Crippen molar-refractivity contribution in [3.8, 4) is 32.7 Å². The number of furan rings is 1. The summed E-state index contributed by atoms with van der Waals surface area (Å²) >= 11 is 1.86. The van der Waals surface area contributed by atoms with Gasteiger partial charge in [0.15, 0.2) is 0 Å². The fraction of sp³-hybridized carbons (Fsp3) is 0. The number of para-hydroxylation sites is 1. The van der Waals surface area contributed by atoms with Crippen LogP contribution in [-0.4, -0.2) is 0 Å². The molecule has 0 amide bonds. The van der Waals surface area contributed by atoms with Crippen molar-refractivity contribution < 1.29 is 4.42 Å². The first-order chi connectivity index (χ1) is 22.8. The molecule has 0 saturated heterocycles. The monoisotopic (exact) mass is 602 g/mol. The number of hydrogen-bond acceptors (Lipinski definition) is 2. The molecule has 0 unspecified atom stereocenters. The summed E-state index contributed by atoms with van der Waals surface area (Å²) in [6.45, 7) is 0. The first kappa shape index (κ1) is 25.6. The summed E-state index contributed by atoms with van der Waals surface area (Å²) in [5.74, 6) is 0. The number of rotatable bonds is 3. The van der Waals surface area contributed by atoms with Gasteiger partial charge < -0.3 is 4.42 Å². The molecule has 0 atom stereocenters. The topological polar surface area (TPSA) is 13.1 Å². The van der Waals surface area contributed by atoms with Crippen molar-refractivity contribution in [2.75, 3.05) is 0 Å². The van der Waals surface area contributed by atoms with E-state index in [9.17, 15) is 0 Å². The molecule has 46 heavy (non-hydrogen) atoms. The van der Waals surface area contributed by atoms with Gasteiger partial charge >= 0.3 is 0 Å². The molecule has 0 bridgehead atoms. The van der Waals surface area contributed by atoms with Crippen molar-refractivity contribution >= 4 is 75.7 Å². The quantitative estimate of drug-likeness (QED) is 0.183. The predicted molar refractivity (Wildman–Crippen MR) is 198 cm³/mol. The van der Waals surface area contributed by atoms with Gasteiger partial charge in [-0.25, -0.2) is 0 Å². The van der Waals surface area contributed by atoms with Crippen LogP contribution in [0.5, 0.6) is 0 Å². The Labute approximate surface area is 269 Å². The normalized spacial score (nSPS) is 11.9.